The van der Waals surface area contributed by atoms with Crippen LogP contribution in [0.1, 0.15) is 18.1 Å². The Bertz CT molecular complexity index is 553. The normalized spacial score (nSPS) is 11.7. The summed E-state index contributed by atoms with van der Waals surface area (Å²) in [6.45, 7) is 1.52. The van der Waals surface area contributed by atoms with Crippen LogP contribution in [0.3, 0.4) is 0 Å². The van der Waals surface area contributed by atoms with E-state index in [-0.39, 0.29) is 5.91 Å². The summed E-state index contributed by atoms with van der Waals surface area (Å²) < 4.78 is 4.97. The van der Waals surface area contributed by atoms with E-state index in [1.807, 2.05) is 6.07 Å². The molecule has 5 heteroatoms. The number of carbonyl (C=O) groups is 2. The average molecular weight is 272 g/mol. The molecule has 0 saturated heterocycles. The van der Waals surface area contributed by atoms with Crippen molar-refractivity contribution in [2.45, 2.75) is 13.0 Å². The summed E-state index contributed by atoms with van der Waals surface area (Å²) in [5.41, 5.74) is 1.32. The van der Waals surface area contributed by atoms with Crippen molar-refractivity contribution in [2.24, 2.45) is 0 Å². The summed E-state index contributed by atoms with van der Waals surface area (Å²) in [4.78, 5) is 24.4. The summed E-state index contributed by atoms with van der Waals surface area (Å²) >= 11 is 0. The lowest BCUT2D eigenvalue weighted by molar-refractivity contribution is -0.153. The first-order valence-electron chi connectivity index (χ1n) is 6.04. The number of amides is 1. The van der Waals surface area contributed by atoms with Gasteiger partial charge in [0.05, 0.1) is 11.6 Å². The van der Waals surface area contributed by atoms with Gasteiger partial charge < -0.3 is 9.64 Å². The van der Waals surface area contributed by atoms with Gasteiger partial charge in [-0.15, -0.1) is 0 Å². The molecule has 0 fully saturated rings. The van der Waals surface area contributed by atoms with E-state index < -0.39 is 12.1 Å². The molecule has 0 spiro atoms. The molecule has 1 aromatic carbocycles. The van der Waals surface area contributed by atoms with Gasteiger partial charge in [0, 0.05) is 20.2 Å². The molecule has 0 aliphatic heterocycles. The van der Waals surface area contributed by atoms with E-state index >= 15 is 0 Å². The Morgan fingerprint density at radius 1 is 1.30 bits per heavy atom. The van der Waals surface area contributed by atoms with Crippen molar-refractivity contribution in [1.29, 1.82) is 5.26 Å². The highest BCUT2D eigenvalue weighted by atomic mass is 16.5. The molecular formula is C15H16N2O3. The first-order chi connectivity index (χ1) is 9.43. The molecule has 0 aromatic heterocycles. The Hall–Kier alpha value is -2.61. The lowest BCUT2D eigenvalue weighted by Crippen LogP contribution is -2.34. The predicted octanol–water partition coefficient (Wildman–Crippen LogP) is 1.59. The van der Waals surface area contributed by atoms with Crippen molar-refractivity contribution >= 4 is 18.0 Å². The van der Waals surface area contributed by atoms with E-state index in [1.54, 1.807) is 44.4 Å². The molecule has 1 amide bonds. The highest BCUT2D eigenvalue weighted by molar-refractivity contribution is 5.90. The van der Waals surface area contributed by atoms with Crippen molar-refractivity contribution in [1.82, 2.24) is 4.90 Å². The van der Waals surface area contributed by atoms with Crippen LogP contribution >= 0.6 is 0 Å². The second kappa shape index (κ2) is 7.10. The number of esters is 1. The summed E-state index contributed by atoms with van der Waals surface area (Å²) in [6.07, 6.45) is 2.00. The Balaban J connectivity index is 2.59. The Morgan fingerprint density at radius 3 is 2.40 bits per heavy atom. The number of likely N-dealkylation sites (N-methyl/N-ethyl adjacent to an activating group) is 1. The number of carbonyl (C=O) groups excluding carboxylic acids is 2. The van der Waals surface area contributed by atoms with Crippen molar-refractivity contribution in [3.63, 3.8) is 0 Å². The minimum absolute atomic E-state index is 0.273. The van der Waals surface area contributed by atoms with Crippen LogP contribution in [0.4, 0.5) is 0 Å². The van der Waals surface area contributed by atoms with Crippen LogP contribution in [-0.4, -0.2) is 37.0 Å². The molecule has 104 valence electrons. The van der Waals surface area contributed by atoms with E-state index in [2.05, 4.69) is 0 Å². The molecule has 0 aliphatic rings. The zero-order valence-corrected chi connectivity index (χ0v) is 11.7. The van der Waals surface area contributed by atoms with Gasteiger partial charge in [-0.3, -0.25) is 4.79 Å². The van der Waals surface area contributed by atoms with Crippen LogP contribution < -0.4 is 0 Å². The SMILES string of the molecule is C[C@@H](OC(=O)/C=C/c1ccc(C#N)cc1)C(=O)N(C)C. The summed E-state index contributed by atoms with van der Waals surface area (Å²) in [5, 5.41) is 8.66. The van der Waals surface area contributed by atoms with Crippen LogP contribution in [0.5, 0.6) is 0 Å². The predicted molar refractivity (Wildman–Crippen MR) is 74.4 cm³/mol. The van der Waals surface area contributed by atoms with Crippen molar-refractivity contribution in [3.05, 3.63) is 41.5 Å². The van der Waals surface area contributed by atoms with Gasteiger partial charge >= 0.3 is 5.97 Å². The fraction of sp³-hybridized carbons (Fsp3) is 0.267. The van der Waals surface area contributed by atoms with Crippen LogP contribution in [0.2, 0.25) is 0 Å². The number of hydrogen-bond acceptors (Lipinski definition) is 4. The molecule has 0 saturated carbocycles. The molecule has 0 bridgehead atoms. The number of benzene rings is 1. The van der Waals surface area contributed by atoms with E-state index in [0.29, 0.717) is 5.56 Å². The zero-order valence-electron chi connectivity index (χ0n) is 11.7. The van der Waals surface area contributed by atoms with Gasteiger partial charge in [0.2, 0.25) is 0 Å². The standard InChI is InChI=1S/C15H16N2O3/c1-11(15(19)17(2)3)20-14(18)9-8-12-4-6-13(10-16)7-5-12/h4-9,11H,1-3H3/b9-8+/t11-/m1/s1. The van der Waals surface area contributed by atoms with E-state index in [0.717, 1.165) is 5.56 Å². The average Bonchev–Trinajstić information content (AvgIpc) is 2.44. The Kier molecular flexibility index (Phi) is 5.48. The number of nitrogens with zero attached hydrogens (tertiary/aromatic N) is 2. The van der Waals surface area contributed by atoms with E-state index in [9.17, 15) is 9.59 Å². The van der Waals surface area contributed by atoms with Gasteiger partial charge in [0.25, 0.3) is 5.91 Å². The third-order valence-corrected chi connectivity index (χ3v) is 2.53. The number of nitriles is 1. The number of ether oxygens (including phenoxy) is 1. The monoisotopic (exact) mass is 272 g/mol. The maximum absolute atomic E-state index is 11.5. The van der Waals surface area contributed by atoms with E-state index in [4.69, 9.17) is 10.00 Å². The molecule has 0 unspecified atom stereocenters. The maximum Gasteiger partial charge on any atom is 0.331 e. The Morgan fingerprint density at radius 2 is 1.90 bits per heavy atom. The van der Waals surface area contributed by atoms with Gasteiger partial charge in [-0.25, -0.2) is 4.79 Å². The van der Waals surface area contributed by atoms with Gasteiger partial charge in [0.15, 0.2) is 6.10 Å². The van der Waals surface area contributed by atoms with Gasteiger partial charge in [0.1, 0.15) is 0 Å². The van der Waals surface area contributed by atoms with Gasteiger partial charge in [-0.2, -0.15) is 5.26 Å². The molecular weight excluding hydrogens is 256 g/mol. The topological polar surface area (TPSA) is 70.4 Å². The highest BCUT2D eigenvalue weighted by Gasteiger charge is 2.17. The zero-order chi connectivity index (χ0) is 15.1. The largest absolute Gasteiger partial charge is 0.449 e. The molecule has 20 heavy (non-hydrogen) atoms. The highest BCUT2D eigenvalue weighted by Crippen LogP contribution is 2.06. The second-order valence-corrected chi connectivity index (χ2v) is 4.38. The molecule has 0 radical (unpaired) electrons. The minimum atomic E-state index is -0.817. The second-order valence-electron chi connectivity index (χ2n) is 4.38. The van der Waals surface area contributed by atoms with Crippen LogP contribution in [0.15, 0.2) is 30.3 Å². The first kappa shape index (κ1) is 15.4. The summed E-state index contributed by atoms with van der Waals surface area (Å²) in [5.74, 6) is -0.859. The third kappa shape index (κ3) is 4.58. The molecule has 0 N–H and O–H groups in total. The quantitative estimate of drug-likeness (QED) is 0.616. The molecule has 0 heterocycles. The summed E-state index contributed by atoms with van der Waals surface area (Å²) in [7, 11) is 3.19. The third-order valence-electron chi connectivity index (χ3n) is 2.53. The lowest BCUT2D eigenvalue weighted by Gasteiger charge is -2.16. The van der Waals surface area contributed by atoms with Gasteiger partial charge in [-0.05, 0) is 30.7 Å². The lowest BCUT2D eigenvalue weighted by atomic mass is 10.1. The fourth-order valence-corrected chi connectivity index (χ4v) is 1.46. The van der Waals surface area contributed by atoms with Gasteiger partial charge in [-0.1, -0.05) is 12.1 Å². The minimum Gasteiger partial charge on any atom is -0.449 e. The van der Waals surface area contributed by atoms with E-state index in [1.165, 1.54) is 17.9 Å². The number of rotatable bonds is 4. The smallest absolute Gasteiger partial charge is 0.331 e. The Labute approximate surface area is 118 Å². The molecule has 1 rings (SSSR count). The summed E-state index contributed by atoms with van der Waals surface area (Å²) in [6, 6.07) is 8.76. The first-order valence-corrected chi connectivity index (χ1v) is 6.04. The molecule has 1 atom stereocenters. The van der Waals surface area contributed by atoms with Crippen molar-refractivity contribution < 1.29 is 14.3 Å². The van der Waals surface area contributed by atoms with Crippen molar-refractivity contribution in [3.8, 4) is 6.07 Å². The maximum atomic E-state index is 11.5. The van der Waals surface area contributed by atoms with Crippen LogP contribution in [-0.2, 0) is 14.3 Å². The molecule has 0 aliphatic carbocycles. The molecule has 1 aromatic rings. The molecule has 5 nitrogen and oxygen atoms in total. The van der Waals surface area contributed by atoms with Crippen LogP contribution in [0.25, 0.3) is 6.08 Å². The number of hydrogen-bond donors (Lipinski definition) is 0. The van der Waals surface area contributed by atoms with Crippen LogP contribution in [0, 0.1) is 11.3 Å². The fourth-order valence-electron chi connectivity index (χ4n) is 1.46. The van der Waals surface area contributed by atoms with Crippen molar-refractivity contribution in [2.75, 3.05) is 14.1 Å².